The highest BCUT2D eigenvalue weighted by atomic mass is 35.5. The summed E-state index contributed by atoms with van der Waals surface area (Å²) < 4.78 is 54.4. The first-order valence-corrected chi connectivity index (χ1v) is 13.5. The summed E-state index contributed by atoms with van der Waals surface area (Å²) in [4.78, 5) is 31.5. The van der Waals surface area contributed by atoms with Gasteiger partial charge >= 0.3 is 6.18 Å². The number of hydrogen-bond donors (Lipinski definition) is 1. The van der Waals surface area contributed by atoms with Crippen LogP contribution in [0.15, 0.2) is 88.1 Å². The minimum Gasteiger partial charge on any atom is -0.325 e. The van der Waals surface area contributed by atoms with Crippen LogP contribution in [0.2, 0.25) is 5.02 Å². The highest BCUT2D eigenvalue weighted by Gasteiger charge is 2.33. The van der Waals surface area contributed by atoms with Gasteiger partial charge in [-0.15, -0.1) is 11.3 Å². The summed E-state index contributed by atoms with van der Waals surface area (Å²) in [6.07, 6.45) is -4.68. The molecule has 0 fully saturated rings. The van der Waals surface area contributed by atoms with Crippen molar-refractivity contribution in [3.63, 3.8) is 0 Å². The number of alkyl halides is 3. The highest BCUT2D eigenvalue weighted by Crippen LogP contribution is 2.36. The number of rotatable bonds is 6. The molecule has 0 bridgehead atoms. The van der Waals surface area contributed by atoms with E-state index in [1.54, 1.807) is 47.8 Å². The van der Waals surface area contributed by atoms with Crippen LogP contribution in [0, 0.1) is 5.82 Å². The van der Waals surface area contributed by atoms with Crippen molar-refractivity contribution in [2.75, 3.05) is 11.1 Å². The third kappa shape index (κ3) is 5.70. The Kier molecular flexibility index (Phi) is 7.48. The number of benzene rings is 3. The molecule has 0 spiro atoms. The van der Waals surface area contributed by atoms with E-state index in [0.29, 0.717) is 27.0 Å². The number of aromatic nitrogens is 2. The largest absolute Gasteiger partial charge is 0.417 e. The summed E-state index contributed by atoms with van der Waals surface area (Å²) in [6, 6.07) is 17.6. The van der Waals surface area contributed by atoms with E-state index >= 15 is 0 Å². The Morgan fingerprint density at radius 2 is 1.77 bits per heavy atom. The van der Waals surface area contributed by atoms with Crippen LogP contribution in [-0.4, -0.2) is 21.2 Å². The average molecular weight is 590 g/mol. The van der Waals surface area contributed by atoms with E-state index in [4.69, 9.17) is 11.6 Å². The minimum absolute atomic E-state index is 0.0663. The first-order chi connectivity index (χ1) is 18.6. The number of hydrogen-bond acceptors (Lipinski definition) is 5. The maximum atomic E-state index is 13.8. The average Bonchev–Trinajstić information content (AvgIpc) is 3.33. The van der Waals surface area contributed by atoms with Crippen LogP contribution in [-0.2, 0) is 11.0 Å². The zero-order valence-electron chi connectivity index (χ0n) is 19.6. The molecule has 0 atom stereocenters. The molecule has 0 radical (unpaired) electrons. The quantitative estimate of drug-likeness (QED) is 0.125. The minimum atomic E-state index is -4.68. The molecule has 5 nitrogen and oxygen atoms in total. The summed E-state index contributed by atoms with van der Waals surface area (Å²) in [6.45, 7) is 0. The fraction of sp³-hybridized carbons (Fsp3) is 0.0741. The maximum absolute atomic E-state index is 13.8. The molecule has 2 heterocycles. The fourth-order valence-electron chi connectivity index (χ4n) is 3.86. The van der Waals surface area contributed by atoms with E-state index in [0.717, 1.165) is 23.9 Å². The van der Waals surface area contributed by atoms with E-state index in [9.17, 15) is 27.2 Å². The van der Waals surface area contributed by atoms with Crippen molar-refractivity contribution in [2.45, 2.75) is 11.3 Å². The van der Waals surface area contributed by atoms with Crippen molar-refractivity contribution in [1.82, 2.24) is 9.55 Å². The maximum Gasteiger partial charge on any atom is 0.417 e. The van der Waals surface area contributed by atoms with Crippen molar-refractivity contribution >= 4 is 56.5 Å². The van der Waals surface area contributed by atoms with E-state index in [1.807, 2.05) is 0 Å². The second kappa shape index (κ2) is 10.8. The Hall–Kier alpha value is -3.67. The Balaban J connectivity index is 1.48. The van der Waals surface area contributed by atoms with E-state index in [1.165, 1.54) is 34.1 Å². The van der Waals surface area contributed by atoms with E-state index in [-0.39, 0.29) is 22.2 Å². The molecule has 1 amide bonds. The molecular formula is C27H16ClF4N3O2S2. The van der Waals surface area contributed by atoms with Crippen molar-refractivity contribution in [1.29, 1.82) is 0 Å². The molecule has 0 saturated heterocycles. The van der Waals surface area contributed by atoms with Crippen molar-refractivity contribution < 1.29 is 22.4 Å². The Morgan fingerprint density at radius 3 is 2.46 bits per heavy atom. The number of para-hydroxylation sites is 1. The van der Waals surface area contributed by atoms with Gasteiger partial charge in [0.2, 0.25) is 5.91 Å². The predicted octanol–water partition coefficient (Wildman–Crippen LogP) is 7.66. The lowest BCUT2D eigenvalue weighted by Crippen LogP contribution is -2.22. The Bertz CT molecular complexity index is 1740. The highest BCUT2D eigenvalue weighted by molar-refractivity contribution is 7.99. The van der Waals surface area contributed by atoms with Gasteiger partial charge in [-0.3, -0.25) is 14.2 Å². The number of fused-ring (bicyclic) bond motifs is 1. The Labute approximate surface area is 232 Å². The number of thioether (sulfide) groups is 1. The lowest BCUT2D eigenvalue weighted by atomic mass is 10.1. The molecule has 5 aromatic rings. The molecule has 12 heteroatoms. The van der Waals surface area contributed by atoms with Crippen LogP contribution in [0.4, 0.5) is 23.2 Å². The third-order valence-corrected chi connectivity index (χ3v) is 7.77. The molecule has 0 aliphatic heterocycles. The summed E-state index contributed by atoms with van der Waals surface area (Å²) in [5.41, 5.74) is 0.278. The molecule has 198 valence electrons. The number of anilines is 1. The van der Waals surface area contributed by atoms with Crippen molar-refractivity contribution in [3.8, 4) is 16.8 Å². The van der Waals surface area contributed by atoms with Gasteiger partial charge < -0.3 is 5.32 Å². The van der Waals surface area contributed by atoms with Gasteiger partial charge in [-0.2, -0.15) is 13.2 Å². The summed E-state index contributed by atoms with van der Waals surface area (Å²) in [5.74, 6) is -1.23. The van der Waals surface area contributed by atoms with Crippen LogP contribution in [0.25, 0.3) is 27.0 Å². The third-order valence-electron chi connectivity index (χ3n) is 5.63. The smallest absolute Gasteiger partial charge is 0.325 e. The second-order valence-corrected chi connectivity index (χ2v) is 10.4. The topological polar surface area (TPSA) is 64.0 Å². The summed E-state index contributed by atoms with van der Waals surface area (Å²) >= 11 is 7.85. The molecule has 0 saturated carbocycles. The van der Waals surface area contributed by atoms with Crippen LogP contribution >= 0.6 is 34.7 Å². The molecular weight excluding hydrogens is 574 g/mol. The molecule has 5 rings (SSSR count). The predicted molar refractivity (Wildman–Crippen MR) is 146 cm³/mol. The summed E-state index contributed by atoms with van der Waals surface area (Å²) in [5, 5.41) is 4.30. The van der Waals surface area contributed by atoms with Crippen LogP contribution in [0.5, 0.6) is 0 Å². The fourth-order valence-corrected chi connectivity index (χ4v) is 5.89. The van der Waals surface area contributed by atoms with Gasteiger partial charge in [0.1, 0.15) is 10.6 Å². The van der Waals surface area contributed by atoms with E-state index in [2.05, 4.69) is 10.3 Å². The molecule has 1 N–H and O–H groups in total. The van der Waals surface area contributed by atoms with Gasteiger partial charge in [-0.25, -0.2) is 9.37 Å². The van der Waals surface area contributed by atoms with Gasteiger partial charge in [-0.05, 0) is 48.0 Å². The number of halogens is 5. The molecule has 0 unspecified atom stereocenters. The first-order valence-electron chi connectivity index (χ1n) is 11.3. The number of nitrogens with one attached hydrogen (secondary N) is 1. The lowest BCUT2D eigenvalue weighted by Gasteiger charge is -2.13. The SMILES string of the molecule is O=C(CSc1nc2scc(-c3ccc(F)cc3)c2c(=O)n1-c1ccccc1)Nc1ccc(Cl)c(C(F)(F)F)c1. The first kappa shape index (κ1) is 26.9. The van der Waals surface area contributed by atoms with Crippen LogP contribution in [0.1, 0.15) is 5.56 Å². The van der Waals surface area contributed by atoms with Crippen molar-refractivity contribution in [2.24, 2.45) is 0 Å². The second-order valence-electron chi connectivity index (χ2n) is 8.24. The molecule has 3 aromatic carbocycles. The molecule has 39 heavy (non-hydrogen) atoms. The van der Waals surface area contributed by atoms with Gasteiger partial charge in [0.15, 0.2) is 5.16 Å². The number of carbonyl (C=O) groups is 1. The Morgan fingerprint density at radius 1 is 1.05 bits per heavy atom. The number of amides is 1. The molecule has 2 aromatic heterocycles. The normalized spacial score (nSPS) is 11.6. The zero-order valence-corrected chi connectivity index (χ0v) is 22.0. The number of carbonyl (C=O) groups excluding carboxylic acids is 1. The molecule has 0 aliphatic rings. The van der Waals surface area contributed by atoms with Crippen LogP contribution < -0.4 is 10.9 Å². The number of thiophene rings is 1. The monoisotopic (exact) mass is 589 g/mol. The van der Waals surface area contributed by atoms with Gasteiger partial charge in [0, 0.05) is 16.6 Å². The van der Waals surface area contributed by atoms with E-state index < -0.39 is 28.5 Å². The van der Waals surface area contributed by atoms with Crippen molar-refractivity contribution in [3.05, 3.63) is 105 Å². The van der Waals surface area contributed by atoms with Crippen LogP contribution in [0.3, 0.4) is 0 Å². The zero-order chi connectivity index (χ0) is 27.7. The standard InChI is InChI=1S/C27H16ClF4N3O2S2/c28-21-11-10-17(12-20(21)27(30,31)32)33-22(36)14-39-26-34-24-23(25(37)35(26)18-4-2-1-3-5-18)19(13-38-24)15-6-8-16(29)9-7-15/h1-13H,14H2,(H,33,36). The van der Waals surface area contributed by atoms with Gasteiger partial charge in [0.05, 0.1) is 27.4 Å². The van der Waals surface area contributed by atoms with Gasteiger partial charge in [0.25, 0.3) is 5.56 Å². The summed E-state index contributed by atoms with van der Waals surface area (Å²) in [7, 11) is 0. The lowest BCUT2D eigenvalue weighted by molar-refractivity contribution is -0.137. The molecule has 0 aliphatic carbocycles. The van der Waals surface area contributed by atoms with Gasteiger partial charge in [-0.1, -0.05) is 53.7 Å². The number of nitrogens with zero attached hydrogens (tertiary/aromatic N) is 2.